The Morgan fingerprint density at radius 1 is 1.00 bits per heavy atom. The summed E-state index contributed by atoms with van der Waals surface area (Å²) >= 11 is 0. The molecule has 2 atom stereocenters. The average Bonchev–Trinajstić information content (AvgIpc) is 2.88. The monoisotopic (exact) mass is 584 g/mol. The molecule has 2 aromatic carbocycles. The lowest BCUT2D eigenvalue weighted by atomic mass is 9.90. The second-order valence-electron chi connectivity index (χ2n) is 11.7. The topological polar surface area (TPSA) is 104 Å². The van der Waals surface area contributed by atoms with E-state index in [0.717, 1.165) is 0 Å². The first-order valence-corrected chi connectivity index (χ1v) is 14.2. The number of hydrogen-bond acceptors (Lipinski definition) is 6. The van der Waals surface area contributed by atoms with E-state index >= 15 is 0 Å². The van der Waals surface area contributed by atoms with Crippen molar-refractivity contribution in [2.24, 2.45) is 7.05 Å². The van der Waals surface area contributed by atoms with Gasteiger partial charge in [0.05, 0.1) is 22.8 Å². The van der Waals surface area contributed by atoms with Gasteiger partial charge in [-0.1, -0.05) is 0 Å². The highest BCUT2D eigenvalue weighted by Gasteiger charge is 2.31. The van der Waals surface area contributed by atoms with Crippen LogP contribution in [-0.4, -0.2) is 44.0 Å². The van der Waals surface area contributed by atoms with E-state index in [9.17, 15) is 23.0 Å². The summed E-state index contributed by atoms with van der Waals surface area (Å²) in [6, 6.07) is 10.5. The van der Waals surface area contributed by atoms with Crippen LogP contribution in [0.2, 0.25) is 0 Å². The maximum Gasteiger partial charge on any atom is 0.324 e. The van der Waals surface area contributed by atoms with Crippen molar-refractivity contribution >= 4 is 22.7 Å². The highest BCUT2D eigenvalue weighted by molar-refractivity contribution is 7.84. The Balaban J connectivity index is 2.20. The number of aromatic nitrogens is 1. The first-order valence-electron chi connectivity index (χ1n) is 13.1. The molecular formula is C31H37FN2O6S. The molecule has 0 aliphatic carbocycles. The number of esters is 1. The predicted octanol–water partition coefficient (Wildman–Crippen LogP) is 4.74. The van der Waals surface area contributed by atoms with Crippen LogP contribution < -0.4 is 15.0 Å². The van der Waals surface area contributed by atoms with Crippen LogP contribution in [0.4, 0.5) is 4.39 Å². The van der Waals surface area contributed by atoms with Crippen molar-refractivity contribution in [3.05, 3.63) is 87.6 Å². The van der Waals surface area contributed by atoms with Gasteiger partial charge in [0.25, 0.3) is 5.56 Å². The molecule has 0 aliphatic heterocycles. The minimum Gasteiger partial charge on any atom is -0.497 e. The Hall–Kier alpha value is -3.63. The van der Waals surface area contributed by atoms with Gasteiger partial charge in [-0.2, -0.15) is 0 Å². The van der Waals surface area contributed by atoms with Crippen LogP contribution in [0.3, 0.4) is 0 Å². The Morgan fingerprint density at radius 2 is 1.63 bits per heavy atom. The van der Waals surface area contributed by atoms with Gasteiger partial charge < -0.3 is 14.0 Å². The van der Waals surface area contributed by atoms with E-state index in [1.165, 1.54) is 42.0 Å². The lowest BCUT2D eigenvalue weighted by molar-refractivity contribution is -0.156. The molecule has 3 rings (SSSR count). The number of benzene rings is 2. The van der Waals surface area contributed by atoms with Crippen molar-refractivity contribution in [3.8, 4) is 16.9 Å². The molecule has 1 heterocycles. The molecule has 10 heteroatoms. The van der Waals surface area contributed by atoms with Crippen LogP contribution in [0.15, 0.2) is 59.5 Å². The standard InChI is InChI=1S/C31H37FN2O6S/c1-30(2,3)40-29(37)26(33-41(38)31(4,5)6)15-20-16-27(35)34(7)18-25(20)24-17-22(39-8)13-14-23(24)28(36)19-9-11-21(32)12-10-19/h9-14,16-18,26,33H,15H2,1-8H3/t26?,41-/m0/s1. The number of methoxy groups -OCH3 is 1. The number of carbonyl (C=O) groups excluding carboxylic acids is 2. The SMILES string of the molecule is COc1ccc(C(=O)c2ccc(F)cc2)c(-c2cn(C)c(=O)cc2CC(N[S@@](=O)C(C)(C)C)C(=O)OC(C)(C)C)c1. The fourth-order valence-electron chi connectivity index (χ4n) is 3.98. The lowest BCUT2D eigenvalue weighted by Gasteiger charge is -2.27. The Kier molecular flexibility index (Phi) is 9.71. The molecule has 1 unspecified atom stereocenters. The number of rotatable bonds is 9. The number of pyridine rings is 1. The number of nitrogens with zero attached hydrogens (tertiary/aromatic N) is 1. The summed E-state index contributed by atoms with van der Waals surface area (Å²) in [5, 5.41) is 0. The van der Waals surface area contributed by atoms with Crippen molar-refractivity contribution in [1.29, 1.82) is 0 Å². The molecule has 220 valence electrons. The third-order valence-corrected chi connectivity index (χ3v) is 7.71. The highest BCUT2D eigenvalue weighted by atomic mass is 32.2. The maximum absolute atomic E-state index is 13.6. The second kappa shape index (κ2) is 12.5. The van der Waals surface area contributed by atoms with E-state index in [-0.39, 0.29) is 28.9 Å². The number of carbonyl (C=O) groups is 2. The molecule has 0 aliphatic rings. The lowest BCUT2D eigenvalue weighted by Crippen LogP contribution is -2.47. The van der Waals surface area contributed by atoms with Crippen LogP contribution in [-0.2, 0) is 34.0 Å². The molecule has 0 radical (unpaired) electrons. The van der Waals surface area contributed by atoms with Crippen LogP contribution in [0.25, 0.3) is 11.1 Å². The molecule has 0 saturated heterocycles. The molecule has 41 heavy (non-hydrogen) atoms. The minimum absolute atomic E-state index is 0.0520. The summed E-state index contributed by atoms with van der Waals surface area (Å²) in [6.45, 7) is 10.5. The summed E-state index contributed by atoms with van der Waals surface area (Å²) in [5.41, 5.74) is 0.798. The zero-order chi connectivity index (χ0) is 30.7. The summed E-state index contributed by atoms with van der Waals surface area (Å²) in [5.74, 6) is -0.996. The van der Waals surface area contributed by atoms with E-state index in [1.807, 2.05) is 0 Å². The number of halogens is 1. The van der Waals surface area contributed by atoms with Gasteiger partial charge in [0.15, 0.2) is 5.78 Å². The average molecular weight is 585 g/mol. The van der Waals surface area contributed by atoms with Crippen molar-refractivity contribution in [2.45, 2.75) is 64.4 Å². The van der Waals surface area contributed by atoms with Crippen LogP contribution >= 0.6 is 0 Å². The van der Waals surface area contributed by atoms with Crippen LogP contribution in [0, 0.1) is 5.82 Å². The zero-order valence-electron chi connectivity index (χ0n) is 24.7. The Bertz CT molecular complexity index is 1520. The van der Waals surface area contributed by atoms with Crippen molar-refractivity contribution < 1.29 is 27.7 Å². The van der Waals surface area contributed by atoms with Crippen molar-refractivity contribution in [1.82, 2.24) is 9.29 Å². The molecular weight excluding hydrogens is 547 g/mol. The fraction of sp³-hybridized carbons (Fsp3) is 0.387. The molecule has 0 fully saturated rings. The fourth-order valence-corrected chi connectivity index (χ4v) is 4.77. The van der Waals surface area contributed by atoms with Crippen LogP contribution in [0.5, 0.6) is 5.75 Å². The molecule has 3 aromatic rings. The molecule has 1 aromatic heterocycles. The van der Waals surface area contributed by atoms with Gasteiger partial charge in [0, 0.05) is 42.4 Å². The van der Waals surface area contributed by atoms with Gasteiger partial charge in [0.1, 0.15) is 23.2 Å². The van der Waals surface area contributed by atoms with Gasteiger partial charge in [-0.15, -0.1) is 0 Å². The van der Waals surface area contributed by atoms with E-state index in [1.54, 1.807) is 73.0 Å². The predicted molar refractivity (Wildman–Crippen MR) is 158 cm³/mol. The minimum atomic E-state index is -1.63. The van der Waals surface area contributed by atoms with E-state index in [0.29, 0.717) is 22.4 Å². The van der Waals surface area contributed by atoms with Gasteiger partial charge in [0.2, 0.25) is 0 Å². The third-order valence-electron chi connectivity index (χ3n) is 6.10. The third kappa shape index (κ3) is 8.20. The highest BCUT2D eigenvalue weighted by Crippen LogP contribution is 2.32. The summed E-state index contributed by atoms with van der Waals surface area (Å²) in [4.78, 5) is 39.7. The molecule has 0 spiro atoms. The van der Waals surface area contributed by atoms with Crippen molar-refractivity contribution in [3.63, 3.8) is 0 Å². The smallest absolute Gasteiger partial charge is 0.324 e. The number of ether oxygens (including phenoxy) is 2. The number of ketones is 1. The largest absolute Gasteiger partial charge is 0.497 e. The number of aryl methyl sites for hydroxylation is 1. The molecule has 0 bridgehead atoms. The maximum atomic E-state index is 13.6. The zero-order valence-corrected chi connectivity index (χ0v) is 25.5. The first kappa shape index (κ1) is 31.9. The van der Waals surface area contributed by atoms with Crippen LogP contribution in [0.1, 0.15) is 63.0 Å². The van der Waals surface area contributed by atoms with Gasteiger partial charge in [-0.25, -0.2) is 13.3 Å². The summed E-state index contributed by atoms with van der Waals surface area (Å²) in [6.07, 6.45) is 1.53. The Morgan fingerprint density at radius 3 is 2.20 bits per heavy atom. The first-order chi connectivity index (χ1) is 19.0. The van der Waals surface area contributed by atoms with E-state index in [4.69, 9.17) is 9.47 Å². The molecule has 0 amide bonds. The van der Waals surface area contributed by atoms with E-state index in [2.05, 4.69) is 4.72 Å². The molecule has 8 nitrogen and oxygen atoms in total. The molecule has 1 N–H and O–H groups in total. The Labute approximate surface area is 242 Å². The van der Waals surface area contributed by atoms with Gasteiger partial charge in [-0.05, 0) is 95.1 Å². The molecule has 0 saturated carbocycles. The number of hydrogen-bond donors (Lipinski definition) is 1. The quantitative estimate of drug-likeness (QED) is 0.288. The van der Waals surface area contributed by atoms with Gasteiger partial charge in [-0.3, -0.25) is 14.4 Å². The van der Waals surface area contributed by atoms with Gasteiger partial charge >= 0.3 is 5.97 Å². The number of nitrogens with one attached hydrogen (secondary N) is 1. The summed E-state index contributed by atoms with van der Waals surface area (Å²) < 4.78 is 41.3. The van der Waals surface area contributed by atoms with E-state index < -0.39 is 39.2 Å². The second-order valence-corrected chi connectivity index (χ2v) is 13.7. The summed E-state index contributed by atoms with van der Waals surface area (Å²) in [7, 11) is 1.44. The van der Waals surface area contributed by atoms with Crippen molar-refractivity contribution in [2.75, 3.05) is 7.11 Å². The normalized spacial score (nSPS) is 13.4.